The predicted molar refractivity (Wildman–Crippen MR) is 128 cm³/mol. The number of alkyl carbamates (subject to hydrolysis) is 1. The molecule has 0 spiro atoms. The number of amides is 2. The minimum absolute atomic E-state index is 0.0981. The average molecular weight is 468 g/mol. The Hall–Kier alpha value is -3.49. The van der Waals surface area contributed by atoms with Gasteiger partial charge in [-0.25, -0.2) is 19.2 Å². The summed E-state index contributed by atoms with van der Waals surface area (Å²) in [6.07, 6.45) is 5.77. The normalized spacial score (nSPS) is 18.2. The summed E-state index contributed by atoms with van der Waals surface area (Å²) in [5.41, 5.74) is 3.41. The number of benzene rings is 1. The highest BCUT2D eigenvalue weighted by Gasteiger charge is 2.28. The average Bonchev–Trinajstić information content (AvgIpc) is 3.25. The highest BCUT2D eigenvalue weighted by Crippen LogP contribution is 2.31. The molecular formula is C25H30FN5O3. The van der Waals surface area contributed by atoms with E-state index in [4.69, 9.17) is 0 Å². The summed E-state index contributed by atoms with van der Waals surface area (Å²) in [5.74, 6) is -0.360. The molecule has 0 radical (unpaired) electrons. The van der Waals surface area contributed by atoms with Crippen LogP contribution in [0.1, 0.15) is 51.1 Å². The number of carbonyl (C=O) groups is 2. The van der Waals surface area contributed by atoms with E-state index in [2.05, 4.69) is 25.3 Å². The van der Waals surface area contributed by atoms with E-state index < -0.39 is 6.09 Å². The molecule has 2 atom stereocenters. The van der Waals surface area contributed by atoms with Gasteiger partial charge in [0.2, 0.25) is 5.91 Å². The summed E-state index contributed by atoms with van der Waals surface area (Å²) in [5, 5.41) is 5.69. The molecule has 1 aliphatic rings. The zero-order valence-electron chi connectivity index (χ0n) is 19.9. The minimum atomic E-state index is -0.487. The van der Waals surface area contributed by atoms with Crippen molar-refractivity contribution in [1.82, 2.24) is 19.9 Å². The molecule has 2 N–H and O–H groups in total. The van der Waals surface area contributed by atoms with Crippen LogP contribution in [-0.2, 0) is 9.53 Å². The monoisotopic (exact) mass is 467 g/mol. The predicted octanol–water partition coefficient (Wildman–Crippen LogP) is 4.98. The maximum atomic E-state index is 14.8. The second kappa shape index (κ2) is 9.79. The number of anilines is 1. The highest BCUT2D eigenvalue weighted by atomic mass is 19.1. The van der Waals surface area contributed by atoms with Gasteiger partial charge in [-0.15, -0.1) is 0 Å². The second-order valence-electron chi connectivity index (χ2n) is 9.14. The first-order chi connectivity index (χ1) is 16.3. The van der Waals surface area contributed by atoms with Crippen LogP contribution in [0.2, 0.25) is 0 Å². The molecule has 180 valence electrons. The van der Waals surface area contributed by atoms with Gasteiger partial charge in [0.05, 0.1) is 19.0 Å². The first kappa shape index (κ1) is 23.7. The Kier molecular flexibility index (Phi) is 6.81. The van der Waals surface area contributed by atoms with Crippen molar-refractivity contribution >= 4 is 28.9 Å². The van der Waals surface area contributed by atoms with E-state index in [0.717, 1.165) is 35.9 Å². The Morgan fingerprint density at radius 2 is 2.00 bits per heavy atom. The van der Waals surface area contributed by atoms with Gasteiger partial charge in [-0.2, -0.15) is 0 Å². The summed E-state index contributed by atoms with van der Waals surface area (Å²) >= 11 is 0. The van der Waals surface area contributed by atoms with Gasteiger partial charge in [-0.1, -0.05) is 6.42 Å². The lowest BCUT2D eigenvalue weighted by atomic mass is 9.85. The van der Waals surface area contributed by atoms with E-state index in [0.29, 0.717) is 23.3 Å². The largest absolute Gasteiger partial charge is 0.453 e. The van der Waals surface area contributed by atoms with Crippen LogP contribution >= 0.6 is 0 Å². The zero-order valence-corrected chi connectivity index (χ0v) is 19.9. The van der Waals surface area contributed by atoms with Crippen molar-refractivity contribution in [2.45, 2.75) is 58.5 Å². The van der Waals surface area contributed by atoms with Crippen LogP contribution in [0.25, 0.3) is 22.2 Å². The number of halogens is 1. The molecule has 0 bridgehead atoms. The summed E-state index contributed by atoms with van der Waals surface area (Å²) in [4.78, 5) is 33.1. The van der Waals surface area contributed by atoms with Crippen molar-refractivity contribution < 1.29 is 18.7 Å². The molecule has 4 rings (SSSR count). The lowest BCUT2D eigenvalue weighted by Crippen LogP contribution is -2.41. The smallest absolute Gasteiger partial charge is 0.407 e. The quantitative estimate of drug-likeness (QED) is 0.551. The third-order valence-electron chi connectivity index (χ3n) is 6.41. The maximum Gasteiger partial charge on any atom is 0.407 e. The molecule has 8 nitrogen and oxygen atoms in total. The number of rotatable bonds is 5. The Morgan fingerprint density at radius 1 is 1.21 bits per heavy atom. The van der Waals surface area contributed by atoms with Crippen molar-refractivity contribution in [3.8, 4) is 11.1 Å². The molecule has 9 heteroatoms. The van der Waals surface area contributed by atoms with E-state index in [1.54, 1.807) is 18.6 Å². The van der Waals surface area contributed by atoms with E-state index >= 15 is 0 Å². The Bertz CT molecular complexity index is 1220. The van der Waals surface area contributed by atoms with E-state index in [1.807, 2.05) is 31.4 Å². The highest BCUT2D eigenvalue weighted by molar-refractivity contribution is 5.93. The van der Waals surface area contributed by atoms with Crippen molar-refractivity contribution in [3.63, 3.8) is 0 Å². The number of nitrogens with one attached hydrogen (secondary N) is 2. The number of methoxy groups -OCH3 is 1. The van der Waals surface area contributed by atoms with Crippen LogP contribution in [0.5, 0.6) is 0 Å². The minimum Gasteiger partial charge on any atom is -0.453 e. The summed E-state index contributed by atoms with van der Waals surface area (Å²) in [7, 11) is 1.32. The Labute approximate surface area is 197 Å². The summed E-state index contributed by atoms with van der Waals surface area (Å²) < 4.78 is 21.4. The van der Waals surface area contributed by atoms with Gasteiger partial charge in [0.15, 0.2) is 5.82 Å². The molecule has 0 unspecified atom stereocenters. The molecule has 2 heterocycles. The molecule has 1 saturated carbocycles. The fraction of sp³-hybridized carbons (Fsp3) is 0.440. The van der Waals surface area contributed by atoms with Gasteiger partial charge in [0.1, 0.15) is 11.3 Å². The van der Waals surface area contributed by atoms with Crippen molar-refractivity contribution in [1.29, 1.82) is 0 Å². The third-order valence-corrected chi connectivity index (χ3v) is 6.41. The first-order valence-corrected chi connectivity index (χ1v) is 11.5. The molecule has 2 aromatic heterocycles. The lowest BCUT2D eigenvalue weighted by molar-refractivity contribution is -0.121. The fourth-order valence-electron chi connectivity index (χ4n) is 4.57. The van der Waals surface area contributed by atoms with Gasteiger partial charge in [-0.3, -0.25) is 4.79 Å². The number of fused-ring (bicyclic) bond motifs is 1. The number of imidazole rings is 1. The van der Waals surface area contributed by atoms with Crippen LogP contribution in [0.15, 0.2) is 30.7 Å². The lowest BCUT2D eigenvalue weighted by Gasteiger charge is -2.28. The van der Waals surface area contributed by atoms with E-state index in [1.165, 1.54) is 13.2 Å². The molecule has 3 aromatic rings. The Balaban J connectivity index is 1.56. The third kappa shape index (κ3) is 4.88. The van der Waals surface area contributed by atoms with Gasteiger partial charge in [0, 0.05) is 24.2 Å². The fourth-order valence-corrected chi connectivity index (χ4v) is 4.57. The van der Waals surface area contributed by atoms with Crippen LogP contribution in [-0.4, -0.2) is 39.7 Å². The van der Waals surface area contributed by atoms with Crippen molar-refractivity contribution in [3.05, 3.63) is 42.1 Å². The van der Waals surface area contributed by atoms with Crippen molar-refractivity contribution in [2.24, 2.45) is 5.92 Å². The van der Waals surface area contributed by atoms with Crippen LogP contribution in [0.3, 0.4) is 0 Å². The zero-order chi connectivity index (χ0) is 24.4. The van der Waals surface area contributed by atoms with Gasteiger partial charge >= 0.3 is 6.09 Å². The number of ether oxygens (including phenoxy) is 1. The van der Waals surface area contributed by atoms with Crippen LogP contribution in [0.4, 0.5) is 15.0 Å². The number of pyridine rings is 1. The van der Waals surface area contributed by atoms with Gasteiger partial charge in [0.25, 0.3) is 0 Å². The topological polar surface area (TPSA) is 98.1 Å². The number of nitrogens with zero attached hydrogens (tertiary/aromatic N) is 3. The molecule has 0 saturated heterocycles. The molecule has 34 heavy (non-hydrogen) atoms. The van der Waals surface area contributed by atoms with Crippen LogP contribution in [0, 0.1) is 18.7 Å². The number of aryl methyl sites for hydroxylation is 1. The number of hydrogen-bond donors (Lipinski definition) is 2. The number of carbonyl (C=O) groups excluding carboxylic acids is 2. The molecule has 0 aliphatic heterocycles. The SMILES string of the molecule is COC(=O)N[C@@H]1CCC[C@H](C(=O)Nc2cc(-c3cc(F)c4ncn(C(C)C)c4c3)c(C)cn2)C1. The van der Waals surface area contributed by atoms with Gasteiger partial charge in [-0.05, 0) is 74.9 Å². The standard InChI is InChI=1S/C25H30FN5O3/c1-14(2)31-13-28-23-20(26)9-17(10-21(23)31)19-11-22(27-12-15(19)3)30-24(32)16-6-5-7-18(8-16)29-25(33)34-4/h9-14,16,18H,5-8H2,1-4H3,(H,29,33)(H,27,30,32)/t16-,18+/m0/s1. The summed E-state index contributed by atoms with van der Waals surface area (Å²) in [6, 6.07) is 5.21. The molecule has 2 amide bonds. The van der Waals surface area contributed by atoms with Crippen LogP contribution < -0.4 is 10.6 Å². The number of aromatic nitrogens is 3. The Morgan fingerprint density at radius 3 is 2.74 bits per heavy atom. The second-order valence-corrected chi connectivity index (χ2v) is 9.14. The molecule has 1 aliphatic carbocycles. The molecule has 1 fully saturated rings. The summed E-state index contributed by atoms with van der Waals surface area (Å²) in [6.45, 7) is 5.95. The molecular weight excluding hydrogens is 437 g/mol. The first-order valence-electron chi connectivity index (χ1n) is 11.5. The molecule has 1 aromatic carbocycles. The van der Waals surface area contributed by atoms with Gasteiger partial charge < -0.3 is 19.9 Å². The van der Waals surface area contributed by atoms with E-state index in [-0.39, 0.29) is 29.7 Å². The van der Waals surface area contributed by atoms with E-state index in [9.17, 15) is 14.0 Å². The maximum absolute atomic E-state index is 14.8. The van der Waals surface area contributed by atoms with Crippen molar-refractivity contribution in [2.75, 3.05) is 12.4 Å². The number of hydrogen-bond acceptors (Lipinski definition) is 5.